The minimum atomic E-state index is -1.42. The Morgan fingerprint density at radius 1 is 1.21 bits per heavy atom. The van der Waals surface area contributed by atoms with Crippen molar-refractivity contribution in [2.24, 2.45) is 0 Å². The predicted octanol–water partition coefficient (Wildman–Crippen LogP) is 4.66. The van der Waals surface area contributed by atoms with Crippen LogP contribution in [0.3, 0.4) is 0 Å². The molecular formula is C20H30FNO5S. The molecule has 158 valence electrons. The summed E-state index contributed by atoms with van der Waals surface area (Å²) in [5, 5.41) is 11.2. The molecule has 1 aromatic carbocycles. The Labute approximate surface area is 168 Å². The van der Waals surface area contributed by atoms with Gasteiger partial charge in [-0.2, -0.15) is 0 Å². The van der Waals surface area contributed by atoms with Crippen molar-refractivity contribution in [1.82, 2.24) is 0 Å². The van der Waals surface area contributed by atoms with E-state index in [1.54, 1.807) is 48.5 Å². The lowest BCUT2D eigenvalue weighted by molar-refractivity contribution is -0.385. The van der Waals surface area contributed by atoms with Gasteiger partial charge in [-0.1, -0.05) is 6.92 Å². The summed E-state index contributed by atoms with van der Waals surface area (Å²) in [6.07, 6.45) is 0.0484. The van der Waals surface area contributed by atoms with Crippen molar-refractivity contribution in [3.63, 3.8) is 0 Å². The molecule has 0 fully saturated rings. The molecule has 0 heterocycles. The third-order valence-electron chi connectivity index (χ3n) is 4.40. The summed E-state index contributed by atoms with van der Waals surface area (Å²) in [7, 11) is -1.42. The van der Waals surface area contributed by atoms with Crippen LogP contribution in [-0.4, -0.2) is 31.2 Å². The van der Waals surface area contributed by atoms with Crippen molar-refractivity contribution in [2.75, 3.05) is 5.75 Å². The molecule has 0 saturated carbocycles. The number of hydrogen-bond acceptors (Lipinski definition) is 5. The van der Waals surface area contributed by atoms with Crippen molar-refractivity contribution in [2.45, 2.75) is 77.1 Å². The molecule has 2 atom stereocenters. The third-order valence-corrected chi connectivity index (χ3v) is 6.58. The minimum absolute atomic E-state index is 0.00959. The number of halogens is 1. The predicted molar refractivity (Wildman–Crippen MR) is 108 cm³/mol. The first-order valence-electron chi connectivity index (χ1n) is 9.16. The molecular weight excluding hydrogens is 385 g/mol. The van der Waals surface area contributed by atoms with Gasteiger partial charge in [0.25, 0.3) is 5.69 Å². The molecule has 0 bridgehead atoms. The lowest BCUT2D eigenvalue weighted by atomic mass is 9.76. The summed E-state index contributed by atoms with van der Waals surface area (Å²) in [4.78, 5) is 23.2. The molecule has 0 N–H and O–H groups in total. The van der Waals surface area contributed by atoms with Crippen LogP contribution >= 0.6 is 0 Å². The fourth-order valence-corrected chi connectivity index (χ4v) is 4.19. The smallest absolute Gasteiger partial charge is 0.307 e. The number of ether oxygens (including phenoxy) is 1. The third kappa shape index (κ3) is 6.36. The van der Waals surface area contributed by atoms with Gasteiger partial charge >= 0.3 is 5.97 Å². The van der Waals surface area contributed by atoms with Gasteiger partial charge in [0.05, 0.1) is 11.3 Å². The summed E-state index contributed by atoms with van der Waals surface area (Å²) in [6, 6.07) is 3.24. The summed E-state index contributed by atoms with van der Waals surface area (Å²) >= 11 is 0. The topological polar surface area (TPSA) is 86.5 Å². The van der Waals surface area contributed by atoms with Crippen LogP contribution in [0.2, 0.25) is 0 Å². The lowest BCUT2D eigenvalue weighted by Crippen LogP contribution is -2.41. The monoisotopic (exact) mass is 415 g/mol. The minimum Gasteiger partial charge on any atom is -0.460 e. The SMILES string of the molecule is CC[C@@](CC(=O)OC(C)(C)C)(C[S@@](=O)C(C)(C)C)c1cc([N+](=O)[O-])ccc1F. The largest absolute Gasteiger partial charge is 0.460 e. The Morgan fingerprint density at radius 3 is 2.21 bits per heavy atom. The molecule has 0 unspecified atom stereocenters. The summed E-state index contributed by atoms with van der Waals surface area (Å²) in [5.41, 5.74) is -2.18. The van der Waals surface area contributed by atoms with E-state index in [-0.39, 0.29) is 29.8 Å². The van der Waals surface area contributed by atoms with E-state index in [4.69, 9.17) is 4.74 Å². The zero-order valence-corrected chi connectivity index (χ0v) is 18.4. The molecule has 0 amide bonds. The van der Waals surface area contributed by atoms with E-state index in [1.165, 1.54) is 0 Å². The summed E-state index contributed by atoms with van der Waals surface area (Å²) < 4.78 is 32.5. The normalized spacial score (nSPS) is 15.6. The molecule has 1 rings (SSSR count). The second-order valence-corrected chi connectivity index (χ2v) is 11.1. The van der Waals surface area contributed by atoms with Crippen molar-refractivity contribution in [1.29, 1.82) is 0 Å². The van der Waals surface area contributed by atoms with E-state index < -0.39 is 43.3 Å². The zero-order valence-electron chi connectivity index (χ0n) is 17.6. The maximum absolute atomic E-state index is 14.8. The van der Waals surface area contributed by atoms with Gasteiger partial charge in [-0.15, -0.1) is 0 Å². The van der Waals surface area contributed by atoms with Gasteiger partial charge < -0.3 is 4.74 Å². The average molecular weight is 416 g/mol. The molecule has 0 aliphatic heterocycles. The quantitative estimate of drug-likeness (QED) is 0.367. The zero-order chi connectivity index (χ0) is 21.9. The van der Waals surface area contributed by atoms with Gasteiger partial charge in [0.15, 0.2) is 0 Å². The first kappa shape index (κ1) is 24.2. The van der Waals surface area contributed by atoms with Gasteiger partial charge in [-0.05, 0) is 54.0 Å². The number of hydrogen-bond donors (Lipinski definition) is 0. The van der Waals surface area contributed by atoms with Crippen molar-refractivity contribution in [3.8, 4) is 0 Å². The Hall–Kier alpha value is -1.83. The summed E-state index contributed by atoms with van der Waals surface area (Å²) in [5.74, 6) is -1.24. The Kier molecular flexibility index (Phi) is 7.50. The van der Waals surface area contributed by atoms with Crippen LogP contribution < -0.4 is 0 Å². The molecule has 0 radical (unpaired) electrons. The molecule has 0 aliphatic rings. The molecule has 0 spiro atoms. The highest BCUT2D eigenvalue weighted by Gasteiger charge is 2.41. The molecule has 0 saturated heterocycles. The maximum Gasteiger partial charge on any atom is 0.307 e. The number of non-ortho nitro benzene ring substituents is 1. The first-order chi connectivity index (χ1) is 12.6. The molecule has 1 aromatic rings. The second kappa shape index (κ2) is 8.68. The number of esters is 1. The average Bonchev–Trinajstić information content (AvgIpc) is 2.51. The Bertz CT molecular complexity index is 767. The standard InChI is InChI=1S/C20H30FNO5S/c1-8-20(13-28(26)19(5,6)7,12-17(23)27-18(2,3)4)15-11-14(22(24)25)9-10-16(15)21/h9-11H,8,12-13H2,1-7H3/t20-,28-/m1/s1. The van der Waals surface area contributed by atoms with E-state index in [0.717, 1.165) is 18.2 Å². The molecule has 0 aromatic heterocycles. The number of benzene rings is 1. The molecule has 8 heteroatoms. The highest BCUT2D eigenvalue weighted by atomic mass is 32.2. The van der Waals surface area contributed by atoms with E-state index in [2.05, 4.69) is 0 Å². The number of carbonyl (C=O) groups is 1. The van der Waals surface area contributed by atoms with Gasteiger partial charge in [0, 0.05) is 44.4 Å². The number of nitrogens with zero attached hydrogens (tertiary/aromatic N) is 1. The van der Waals surface area contributed by atoms with Crippen LogP contribution in [0.1, 0.15) is 66.9 Å². The fraction of sp³-hybridized carbons (Fsp3) is 0.650. The maximum atomic E-state index is 14.8. The highest BCUT2D eigenvalue weighted by molar-refractivity contribution is 7.86. The van der Waals surface area contributed by atoms with Crippen molar-refractivity contribution in [3.05, 3.63) is 39.7 Å². The van der Waals surface area contributed by atoms with Gasteiger partial charge in [0.1, 0.15) is 11.4 Å². The second-order valence-electron chi connectivity index (χ2n) is 8.92. The fourth-order valence-electron chi connectivity index (χ4n) is 2.80. The number of carbonyl (C=O) groups excluding carboxylic acids is 1. The van der Waals surface area contributed by atoms with Crippen LogP contribution in [0.25, 0.3) is 0 Å². The lowest BCUT2D eigenvalue weighted by Gasteiger charge is -2.35. The van der Waals surface area contributed by atoms with E-state index in [0.29, 0.717) is 0 Å². The van der Waals surface area contributed by atoms with Crippen LogP contribution in [0.15, 0.2) is 18.2 Å². The van der Waals surface area contributed by atoms with Crippen LogP contribution in [0.5, 0.6) is 0 Å². The highest BCUT2D eigenvalue weighted by Crippen LogP contribution is 2.38. The van der Waals surface area contributed by atoms with Crippen LogP contribution in [0.4, 0.5) is 10.1 Å². The molecule has 6 nitrogen and oxygen atoms in total. The number of rotatable bonds is 7. The van der Waals surface area contributed by atoms with Crippen molar-refractivity contribution >= 4 is 22.5 Å². The number of nitro benzene ring substituents is 1. The Balaban J connectivity index is 3.53. The van der Waals surface area contributed by atoms with Gasteiger partial charge in [0.2, 0.25) is 0 Å². The van der Waals surface area contributed by atoms with Gasteiger partial charge in [-0.25, -0.2) is 4.39 Å². The van der Waals surface area contributed by atoms with Crippen molar-refractivity contribution < 1.29 is 23.1 Å². The Morgan fingerprint density at radius 2 is 1.79 bits per heavy atom. The van der Waals surface area contributed by atoms with Crippen LogP contribution in [-0.2, 0) is 25.7 Å². The van der Waals surface area contributed by atoms with E-state index in [1.807, 2.05) is 0 Å². The molecule has 28 heavy (non-hydrogen) atoms. The molecule has 0 aliphatic carbocycles. The van der Waals surface area contributed by atoms with E-state index >= 15 is 0 Å². The van der Waals surface area contributed by atoms with Gasteiger partial charge in [-0.3, -0.25) is 19.1 Å². The van der Waals surface area contributed by atoms with Crippen LogP contribution in [0, 0.1) is 15.9 Å². The van der Waals surface area contributed by atoms with E-state index in [9.17, 15) is 23.5 Å². The first-order valence-corrected chi connectivity index (χ1v) is 10.5. The summed E-state index contributed by atoms with van der Waals surface area (Å²) in [6.45, 7) is 12.3. The number of nitro groups is 1.